The summed E-state index contributed by atoms with van der Waals surface area (Å²) in [5.41, 5.74) is 3.60. The van der Waals surface area contributed by atoms with Gasteiger partial charge >= 0.3 is 13.6 Å². The van der Waals surface area contributed by atoms with Crippen LogP contribution in [0.5, 0.6) is 0 Å². The van der Waals surface area contributed by atoms with Crippen LogP contribution in [0.3, 0.4) is 0 Å². The van der Waals surface area contributed by atoms with Gasteiger partial charge in [-0.2, -0.15) is 0 Å². The van der Waals surface area contributed by atoms with Crippen molar-refractivity contribution in [3.63, 3.8) is 0 Å². The molecule has 0 spiro atoms. The summed E-state index contributed by atoms with van der Waals surface area (Å²) < 4.78 is 30.7. The number of hydrogen-bond acceptors (Lipinski definition) is 8. The third-order valence-electron chi connectivity index (χ3n) is 4.03. The van der Waals surface area contributed by atoms with E-state index in [4.69, 9.17) is 13.8 Å². The number of nitrogens with zero attached hydrogens (tertiary/aromatic N) is 3. The third kappa shape index (κ3) is 4.50. The molecule has 0 bridgehead atoms. The molecule has 0 radical (unpaired) electrons. The van der Waals surface area contributed by atoms with Crippen LogP contribution < -0.4 is 0 Å². The van der Waals surface area contributed by atoms with Gasteiger partial charge in [0, 0.05) is 11.1 Å². The Morgan fingerprint density at radius 2 is 2.00 bits per heavy atom. The summed E-state index contributed by atoms with van der Waals surface area (Å²) in [4.78, 5) is 21.7. The molecule has 3 rings (SSSR count). The molecule has 28 heavy (non-hydrogen) atoms. The molecule has 2 aromatic heterocycles. The van der Waals surface area contributed by atoms with E-state index in [9.17, 15) is 9.36 Å². The molecule has 0 aliphatic rings. The topological polar surface area (TPSA) is 92.5 Å². The Labute approximate surface area is 167 Å². The first-order valence-electron chi connectivity index (χ1n) is 8.82. The van der Waals surface area contributed by atoms with E-state index in [0.717, 1.165) is 10.4 Å². The largest absolute Gasteiger partial charge is 0.465 e. The van der Waals surface area contributed by atoms with Gasteiger partial charge in [-0.25, -0.2) is 9.78 Å². The van der Waals surface area contributed by atoms with Crippen LogP contribution in [0.15, 0.2) is 29.9 Å². The molecule has 3 aromatic rings. The monoisotopic (exact) mass is 423 g/mol. The molecule has 0 fully saturated rings. The lowest BCUT2D eigenvalue weighted by Gasteiger charge is -2.17. The zero-order valence-corrected chi connectivity index (χ0v) is 17.7. The Hall–Kier alpha value is -2.06. The highest BCUT2D eigenvalue weighted by Crippen LogP contribution is 2.51. The van der Waals surface area contributed by atoms with Crippen molar-refractivity contribution in [2.75, 3.05) is 20.3 Å². The fraction of sp³-hybridized carbons (Fsp3) is 0.389. The van der Waals surface area contributed by atoms with Crippen molar-refractivity contribution in [2.45, 2.75) is 26.6 Å². The fourth-order valence-electron chi connectivity index (χ4n) is 2.89. The van der Waals surface area contributed by atoms with E-state index >= 15 is 0 Å². The molecule has 0 unspecified atom stereocenters. The van der Waals surface area contributed by atoms with Crippen LogP contribution in [0.25, 0.3) is 11.0 Å². The van der Waals surface area contributed by atoms with E-state index < -0.39 is 13.6 Å². The first-order valence-corrected chi connectivity index (χ1v) is 11.4. The number of methoxy groups -OCH3 is 1. The lowest BCUT2D eigenvalue weighted by molar-refractivity contribution is 0.0601. The van der Waals surface area contributed by atoms with Crippen molar-refractivity contribution >= 4 is 35.9 Å². The van der Waals surface area contributed by atoms with Gasteiger partial charge in [0.15, 0.2) is 0 Å². The molecule has 0 aliphatic carbocycles. The van der Waals surface area contributed by atoms with E-state index in [-0.39, 0.29) is 19.4 Å². The highest BCUT2D eigenvalue weighted by Gasteiger charge is 2.28. The molecule has 0 amide bonds. The highest BCUT2D eigenvalue weighted by molar-refractivity contribution is 7.53. The molecule has 1 aromatic carbocycles. The predicted molar refractivity (Wildman–Crippen MR) is 107 cm³/mol. The maximum absolute atomic E-state index is 13.1. The first-order chi connectivity index (χ1) is 13.5. The second-order valence-electron chi connectivity index (χ2n) is 5.88. The zero-order chi connectivity index (χ0) is 20.1. The number of aromatic nitrogens is 3. The smallest absolute Gasteiger partial charge is 0.338 e. The standard InChI is InChI=1S/C18H22N3O5PS/c1-4-25-27(23,26-5-2)11-17-20-15-7-6-13(18(22)24-3)8-16(15)21(17)10-14-9-19-12-28-14/h6-9,12H,4-5,10-11H2,1-3H3. The van der Waals surface area contributed by atoms with Crippen LogP contribution in [-0.4, -0.2) is 40.8 Å². The SMILES string of the molecule is CCOP(=O)(Cc1nc2ccc(C(=O)OC)cc2n1Cc1cncs1)OCC. The summed E-state index contributed by atoms with van der Waals surface area (Å²) in [6, 6.07) is 5.14. The first kappa shape index (κ1) is 20.7. The van der Waals surface area contributed by atoms with Gasteiger partial charge in [-0.3, -0.25) is 9.55 Å². The van der Waals surface area contributed by atoms with E-state index in [1.165, 1.54) is 18.4 Å². The van der Waals surface area contributed by atoms with Crippen LogP contribution in [0.4, 0.5) is 0 Å². The Bertz CT molecular complexity index is 992. The summed E-state index contributed by atoms with van der Waals surface area (Å²) in [5, 5.41) is 0. The van der Waals surface area contributed by atoms with Gasteiger partial charge in [0.2, 0.25) is 0 Å². The molecule has 8 nitrogen and oxygen atoms in total. The number of thiazole rings is 1. The molecule has 2 heterocycles. The van der Waals surface area contributed by atoms with Crippen LogP contribution >= 0.6 is 18.9 Å². The number of fused-ring (bicyclic) bond motifs is 1. The van der Waals surface area contributed by atoms with Crippen molar-refractivity contribution < 1.29 is 23.1 Å². The summed E-state index contributed by atoms with van der Waals surface area (Å²) in [6.07, 6.45) is 1.81. The van der Waals surface area contributed by atoms with Gasteiger partial charge in [-0.1, -0.05) is 0 Å². The van der Waals surface area contributed by atoms with Crippen LogP contribution in [0, 0.1) is 0 Å². The molecule has 0 saturated heterocycles. The van der Waals surface area contributed by atoms with Crippen molar-refractivity contribution in [3.05, 3.63) is 46.2 Å². The van der Waals surface area contributed by atoms with E-state index in [0.29, 0.717) is 23.4 Å². The number of esters is 1. The normalized spacial score (nSPS) is 11.8. The van der Waals surface area contributed by atoms with Gasteiger partial charge in [-0.15, -0.1) is 11.3 Å². The molecule has 0 N–H and O–H groups in total. The number of carbonyl (C=O) groups is 1. The van der Waals surface area contributed by atoms with Crippen LogP contribution in [-0.2, 0) is 31.1 Å². The quantitative estimate of drug-likeness (QED) is 0.378. The van der Waals surface area contributed by atoms with Crippen molar-refractivity contribution in [1.82, 2.24) is 14.5 Å². The van der Waals surface area contributed by atoms with Gasteiger partial charge < -0.3 is 18.4 Å². The van der Waals surface area contributed by atoms with Gasteiger partial charge in [-0.05, 0) is 32.0 Å². The Kier molecular flexibility index (Phi) is 6.61. The Morgan fingerprint density at radius 1 is 1.25 bits per heavy atom. The van der Waals surface area contributed by atoms with Crippen molar-refractivity contribution in [1.29, 1.82) is 0 Å². The lowest BCUT2D eigenvalue weighted by atomic mass is 10.2. The molecular formula is C18H22N3O5PS. The zero-order valence-electron chi connectivity index (χ0n) is 16.0. The number of ether oxygens (including phenoxy) is 1. The minimum atomic E-state index is -3.34. The maximum atomic E-state index is 13.1. The molecular weight excluding hydrogens is 401 g/mol. The van der Waals surface area contributed by atoms with E-state index in [1.807, 2.05) is 4.57 Å². The summed E-state index contributed by atoms with van der Waals surface area (Å²) in [6.45, 7) is 4.58. The number of hydrogen-bond donors (Lipinski definition) is 0. The van der Waals surface area contributed by atoms with Gasteiger partial charge in [0.05, 0.1) is 49.0 Å². The molecule has 0 aliphatic heterocycles. The van der Waals surface area contributed by atoms with Crippen molar-refractivity contribution in [3.8, 4) is 0 Å². The Balaban J connectivity index is 2.09. The minimum Gasteiger partial charge on any atom is -0.465 e. The minimum absolute atomic E-state index is 0.0374. The fourth-order valence-corrected chi connectivity index (χ4v) is 5.10. The summed E-state index contributed by atoms with van der Waals surface area (Å²) >= 11 is 1.51. The summed E-state index contributed by atoms with van der Waals surface area (Å²) in [7, 11) is -2.00. The van der Waals surface area contributed by atoms with Crippen LogP contribution in [0.1, 0.15) is 34.9 Å². The number of rotatable bonds is 9. The molecule has 0 saturated carbocycles. The number of carbonyl (C=O) groups excluding carboxylic acids is 1. The highest BCUT2D eigenvalue weighted by atomic mass is 32.1. The second-order valence-corrected chi connectivity index (χ2v) is 8.91. The van der Waals surface area contributed by atoms with E-state index in [2.05, 4.69) is 9.97 Å². The lowest BCUT2D eigenvalue weighted by Crippen LogP contribution is -2.08. The molecule has 0 atom stereocenters. The number of imidazole rings is 1. The molecule has 10 heteroatoms. The maximum Gasteiger partial charge on any atom is 0.338 e. The Morgan fingerprint density at radius 3 is 2.61 bits per heavy atom. The van der Waals surface area contributed by atoms with Gasteiger partial charge in [0.25, 0.3) is 0 Å². The van der Waals surface area contributed by atoms with Crippen LogP contribution in [0.2, 0.25) is 0 Å². The average molecular weight is 423 g/mol. The third-order valence-corrected chi connectivity index (χ3v) is 6.77. The predicted octanol–water partition coefficient (Wildman–Crippen LogP) is 4.09. The van der Waals surface area contributed by atoms with Gasteiger partial charge in [0.1, 0.15) is 12.0 Å². The number of benzene rings is 1. The van der Waals surface area contributed by atoms with E-state index in [1.54, 1.807) is 43.8 Å². The summed E-state index contributed by atoms with van der Waals surface area (Å²) in [5.74, 6) is 0.138. The molecule has 150 valence electrons. The van der Waals surface area contributed by atoms with Crippen molar-refractivity contribution in [2.24, 2.45) is 0 Å². The average Bonchev–Trinajstić information content (AvgIpc) is 3.30. The second kappa shape index (κ2) is 8.96.